The number of amides is 2. The van der Waals surface area contributed by atoms with Gasteiger partial charge in [-0.1, -0.05) is 41.4 Å². The topological polar surface area (TPSA) is 69.6 Å². The van der Waals surface area contributed by atoms with Crippen LogP contribution in [0.5, 0.6) is 5.75 Å². The molecule has 0 atom stereocenters. The second kappa shape index (κ2) is 6.84. The lowest BCUT2D eigenvalue weighted by atomic mass is 10.1. The fraction of sp³-hybridized carbons (Fsp3) is 0. The van der Waals surface area contributed by atoms with Gasteiger partial charge in [-0.2, -0.15) is 0 Å². The molecule has 5 nitrogen and oxygen atoms in total. The maximum Gasteiger partial charge on any atom is 0.270 e. The normalized spacial score (nSPS) is 16.3. The number of carbonyl (C=O) groups excluding carboxylic acids is 2. The van der Waals surface area contributed by atoms with Gasteiger partial charge in [0, 0.05) is 10.6 Å². The van der Waals surface area contributed by atoms with Crippen molar-refractivity contribution in [2.24, 2.45) is 0 Å². The number of aromatic hydroxyl groups is 1. The lowest BCUT2D eigenvalue weighted by Crippen LogP contribution is -2.54. The highest BCUT2D eigenvalue weighted by molar-refractivity contribution is 7.80. The van der Waals surface area contributed by atoms with Gasteiger partial charge in [0.25, 0.3) is 11.8 Å². The number of thiocarbonyl (C=S) groups is 1. The molecule has 25 heavy (non-hydrogen) atoms. The van der Waals surface area contributed by atoms with Crippen molar-refractivity contribution in [2.45, 2.75) is 0 Å². The highest BCUT2D eigenvalue weighted by atomic mass is 35.5. The molecule has 1 fully saturated rings. The number of phenols is 1. The summed E-state index contributed by atoms with van der Waals surface area (Å²) in [4.78, 5) is 26.2. The van der Waals surface area contributed by atoms with Crippen molar-refractivity contribution in [1.29, 1.82) is 0 Å². The molecule has 1 aliphatic rings. The molecule has 1 aliphatic heterocycles. The molecular formula is C17H10Cl2N2O3S. The number of hydrogen-bond donors (Lipinski definition) is 2. The van der Waals surface area contributed by atoms with Crippen LogP contribution < -0.4 is 10.2 Å². The van der Waals surface area contributed by atoms with Crippen LogP contribution in [0.4, 0.5) is 5.69 Å². The number of carbonyl (C=O) groups is 2. The predicted octanol–water partition coefficient (Wildman–Crippen LogP) is 3.53. The van der Waals surface area contributed by atoms with Gasteiger partial charge in [-0.25, -0.2) is 0 Å². The largest absolute Gasteiger partial charge is 0.506 e. The van der Waals surface area contributed by atoms with E-state index in [4.69, 9.17) is 35.4 Å². The Balaban J connectivity index is 2.08. The third-order valence-corrected chi connectivity index (χ3v) is 4.26. The van der Waals surface area contributed by atoms with E-state index in [1.54, 1.807) is 30.3 Å². The smallest absolute Gasteiger partial charge is 0.270 e. The van der Waals surface area contributed by atoms with Gasteiger partial charge in [0.2, 0.25) is 0 Å². The zero-order valence-electron chi connectivity index (χ0n) is 12.5. The summed E-state index contributed by atoms with van der Waals surface area (Å²) in [5.41, 5.74) is 0.458. The van der Waals surface area contributed by atoms with Gasteiger partial charge >= 0.3 is 0 Å². The molecule has 0 radical (unpaired) electrons. The predicted molar refractivity (Wildman–Crippen MR) is 101 cm³/mol. The van der Waals surface area contributed by atoms with E-state index in [1.807, 2.05) is 0 Å². The van der Waals surface area contributed by atoms with Gasteiger partial charge in [0.15, 0.2) is 5.11 Å². The monoisotopic (exact) mass is 392 g/mol. The maximum atomic E-state index is 12.8. The Morgan fingerprint density at radius 2 is 1.80 bits per heavy atom. The SMILES string of the molecule is O=C1NC(=S)N(c2ccccc2)C(=O)C1=Cc1cc(Cl)cc(Cl)c1O. The maximum absolute atomic E-state index is 12.8. The van der Waals surface area contributed by atoms with Gasteiger partial charge in [0.1, 0.15) is 11.3 Å². The second-order valence-corrected chi connectivity index (χ2v) is 6.35. The van der Waals surface area contributed by atoms with Crippen LogP contribution in [0.3, 0.4) is 0 Å². The molecule has 1 heterocycles. The summed E-state index contributed by atoms with van der Waals surface area (Å²) in [6.45, 7) is 0. The van der Waals surface area contributed by atoms with Crippen molar-refractivity contribution >= 4 is 64.1 Å². The van der Waals surface area contributed by atoms with Gasteiger partial charge in [-0.15, -0.1) is 0 Å². The summed E-state index contributed by atoms with van der Waals surface area (Å²) in [6.07, 6.45) is 1.22. The number of para-hydroxylation sites is 1. The fourth-order valence-electron chi connectivity index (χ4n) is 2.32. The van der Waals surface area contributed by atoms with E-state index in [9.17, 15) is 14.7 Å². The molecule has 0 aliphatic carbocycles. The fourth-order valence-corrected chi connectivity index (χ4v) is 3.11. The van der Waals surface area contributed by atoms with Crippen molar-refractivity contribution < 1.29 is 14.7 Å². The molecule has 3 rings (SSSR count). The van der Waals surface area contributed by atoms with E-state index in [0.29, 0.717) is 5.69 Å². The number of halogens is 2. The molecule has 2 amide bonds. The molecule has 0 saturated carbocycles. The van der Waals surface area contributed by atoms with E-state index >= 15 is 0 Å². The van der Waals surface area contributed by atoms with Crippen LogP contribution in [0.2, 0.25) is 10.0 Å². The molecule has 1 saturated heterocycles. The molecule has 0 unspecified atom stereocenters. The van der Waals surface area contributed by atoms with E-state index in [2.05, 4.69) is 5.32 Å². The second-order valence-electron chi connectivity index (χ2n) is 5.12. The Morgan fingerprint density at radius 3 is 2.48 bits per heavy atom. The highest BCUT2D eigenvalue weighted by Gasteiger charge is 2.34. The van der Waals surface area contributed by atoms with Crippen LogP contribution in [0.15, 0.2) is 48.0 Å². The first-order valence-corrected chi connectivity index (χ1v) is 8.19. The van der Waals surface area contributed by atoms with Crippen LogP contribution in [-0.4, -0.2) is 22.0 Å². The first-order valence-electron chi connectivity index (χ1n) is 7.03. The summed E-state index contributed by atoms with van der Waals surface area (Å²) in [5.74, 6) is -1.56. The van der Waals surface area contributed by atoms with E-state index in [0.717, 1.165) is 0 Å². The van der Waals surface area contributed by atoms with E-state index in [-0.39, 0.29) is 32.0 Å². The minimum atomic E-state index is -0.669. The number of benzene rings is 2. The summed E-state index contributed by atoms with van der Waals surface area (Å²) >= 11 is 16.9. The molecule has 2 aromatic carbocycles. The molecule has 2 aromatic rings. The van der Waals surface area contributed by atoms with Crippen LogP contribution in [-0.2, 0) is 9.59 Å². The van der Waals surface area contributed by atoms with Crippen LogP contribution in [0.1, 0.15) is 5.56 Å². The van der Waals surface area contributed by atoms with Crippen molar-refractivity contribution in [2.75, 3.05) is 4.90 Å². The van der Waals surface area contributed by atoms with Crippen molar-refractivity contribution in [3.8, 4) is 5.75 Å². The standard InChI is InChI=1S/C17H10Cl2N2O3S/c18-10-6-9(14(22)13(19)8-10)7-12-15(23)20-17(25)21(16(12)24)11-4-2-1-3-5-11/h1-8,22H,(H,20,23,25). The van der Waals surface area contributed by atoms with Crippen LogP contribution >= 0.6 is 35.4 Å². The molecule has 2 N–H and O–H groups in total. The third-order valence-electron chi connectivity index (χ3n) is 3.47. The average Bonchev–Trinajstić information content (AvgIpc) is 2.56. The number of rotatable bonds is 2. The van der Waals surface area contributed by atoms with E-state index in [1.165, 1.54) is 23.1 Å². The van der Waals surface area contributed by atoms with Crippen molar-refractivity contribution in [1.82, 2.24) is 5.32 Å². The number of anilines is 1. The first kappa shape index (κ1) is 17.4. The molecule has 8 heteroatoms. The molecule has 0 bridgehead atoms. The summed E-state index contributed by atoms with van der Waals surface area (Å²) < 4.78 is 0. The highest BCUT2D eigenvalue weighted by Crippen LogP contribution is 2.33. The minimum absolute atomic E-state index is 0.0125. The number of nitrogens with one attached hydrogen (secondary N) is 1. The zero-order chi connectivity index (χ0) is 18.1. The number of nitrogens with zero attached hydrogens (tertiary/aromatic N) is 1. The Morgan fingerprint density at radius 1 is 1.12 bits per heavy atom. The molecule has 0 spiro atoms. The number of hydrogen-bond acceptors (Lipinski definition) is 4. The van der Waals surface area contributed by atoms with Crippen molar-refractivity contribution in [3.05, 3.63) is 63.6 Å². The summed E-state index contributed by atoms with van der Waals surface area (Å²) in [7, 11) is 0. The Hall–Kier alpha value is -2.41. The quantitative estimate of drug-likeness (QED) is 0.465. The minimum Gasteiger partial charge on any atom is -0.506 e. The van der Waals surface area contributed by atoms with Crippen molar-refractivity contribution in [3.63, 3.8) is 0 Å². The van der Waals surface area contributed by atoms with Crippen LogP contribution in [0.25, 0.3) is 6.08 Å². The van der Waals surface area contributed by atoms with Gasteiger partial charge in [0.05, 0.1) is 10.7 Å². The Bertz CT molecular complexity index is 929. The first-order chi connectivity index (χ1) is 11.9. The van der Waals surface area contributed by atoms with Gasteiger partial charge in [-0.3, -0.25) is 19.8 Å². The summed E-state index contributed by atoms with van der Waals surface area (Å²) in [5, 5.41) is 12.8. The molecule has 126 valence electrons. The third kappa shape index (κ3) is 3.37. The molecule has 0 aromatic heterocycles. The van der Waals surface area contributed by atoms with Crippen LogP contribution in [0, 0.1) is 0 Å². The van der Waals surface area contributed by atoms with Gasteiger partial charge in [-0.05, 0) is 42.6 Å². The average molecular weight is 393 g/mol. The Labute approximate surface area is 158 Å². The Kier molecular flexibility index (Phi) is 4.76. The lowest BCUT2D eigenvalue weighted by Gasteiger charge is -2.28. The zero-order valence-corrected chi connectivity index (χ0v) is 14.8. The van der Waals surface area contributed by atoms with Gasteiger partial charge < -0.3 is 5.11 Å². The van der Waals surface area contributed by atoms with E-state index < -0.39 is 11.8 Å². The number of phenolic OH excluding ortho intramolecular Hbond substituents is 1. The summed E-state index contributed by atoms with van der Waals surface area (Å²) in [6, 6.07) is 11.4. The molecular weight excluding hydrogens is 383 g/mol. The lowest BCUT2D eigenvalue weighted by molar-refractivity contribution is -0.122.